The highest BCUT2D eigenvalue weighted by Crippen LogP contribution is 2.27. The Morgan fingerprint density at radius 1 is 1.67 bits per heavy atom. The number of Topliss-reactive ketones (excluding diaryl/α,β-unsaturated/α-hetero) is 1. The summed E-state index contributed by atoms with van der Waals surface area (Å²) in [7, 11) is 0. The predicted octanol–water partition coefficient (Wildman–Crippen LogP) is 2.98. The third-order valence-electron chi connectivity index (χ3n) is 1.10. The maximum atomic E-state index is 11.3. The molecule has 6 heteroatoms. The standard InChI is InChI=1S/C6H5OPS4/c7-5(4-12-8(9)10)6-2-1-3-11-6/h1-3H,4H2. The third-order valence-corrected chi connectivity index (χ3v) is 5.53. The molecule has 0 bridgehead atoms. The van der Waals surface area contributed by atoms with Crippen LogP contribution in [0.4, 0.5) is 0 Å². The van der Waals surface area contributed by atoms with Crippen LogP contribution in [-0.2, 0) is 23.6 Å². The summed E-state index contributed by atoms with van der Waals surface area (Å²) < 4.78 is -0.842. The van der Waals surface area contributed by atoms with Crippen LogP contribution in [0, 0.1) is 0 Å². The van der Waals surface area contributed by atoms with Gasteiger partial charge in [0.15, 0.2) is 5.78 Å². The second-order valence-corrected chi connectivity index (χ2v) is 9.98. The molecule has 12 heavy (non-hydrogen) atoms. The van der Waals surface area contributed by atoms with Gasteiger partial charge in [0.1, 0.15) is 0 Å². The zero-order valence-electron chi connectivity index (χ0n) is 5.93. The van der Waals surface area contributed by atoms with Gasteiger partial charge in [-0.1, -0.05) is 17.4 Å². The van der Waals surface area contributed by atoms with Crippen LogP contribution in [-0.4, -0.2) is 11.5 Å². The van der Waals surface area contributed by atoms with Crippen LogP contribution >= 0.6 is 27.4 Å². The van der Waals surface area contributed by atoms with Crippen LogP contribution in [0.1, 0.15) is 9.67 Å². The fourth-order valence-electron chi connectivity index (χ4n) is 0.620. The van der Waals surface area contributed by atoms with Gasteiger partial charge in [-0.2, -0.15) is 0 Å². The van der Waals surface area contributed by atoms with Crippen molar-refractivity contribution in [3.05, 3.63) is 22.4 Å². The first-order chi connectivity index (χ1) is 5.70. The number of carbonyl (C=O) groups excluding carboxylic acids is 1. The molecule has 1 nitrogen and oxygen atoms in total. The molecule has 0 aromatic carbocycles. The van der Waals surface area contributed by atoms with Crippen molar-refractivity contribution in [3.63, 3.8) is 0 Å². The van der Waals surface area contributed by atoms with E-state index < -0.39 is 4.67 Å². The Hall–Kier alpha value is 0.460. The molecule has 1 heterocycles. The van der Waals surface area contributed by atoms with Gasteiger partial charge in [0.2, 0.25) is 0 Å². The van der Waals surface area contributed by atoms with E-state index in [2.05, 4.69) is 0 Å². The zero-order valence-corrected chi connectivity index (χ0v) is 10.1. The van der Waals surface area contributed by atoms with E-state index in [0.717, 1.165) is 4.88 Å². The lowest BCUT2D eigenvalue weighted by atomic mass is 10.4. The fourth-order valence-corrected chi connectivity index (χ4v) is 3.37. The zero-order chi connectivity index (χ0) is 8.97. The molecule has 0 amide bonds. The van der Waals surface area contributed by atoms with E-state index in [4.69, 9.17) is 23.6 Å². The maximum Gasteiger partial charge on any atom is 0.183 e. The van der Waals surface area contributed by atoms with Gasteiger partial charge in [-0.3, -0.25) is 4.79 Å². The van der Waals surface area contributed by atoms with Crippen LogP contribution in [0.15, 0.2) is 17.5 Å². The predicted molar refractivity (Wildman–Crippen MR) is 62.8 cm³/mol. The second kappa shape index (κ2) is 5.25. The molecule has 0 spiro atoms. The van der Waals surface area contributed by atoms with Crippen molar-refractivity contribution in [1.29, 1.82) is 0 Å². The molecule has 0 saturated carbocycles. The SMILES string of the molecule is O=C(CSP(=S)=S)c1cccs1. The molecule has 0 atom stereocenters. The molecule has 1 aromatic rings. The van der Waals surface area contributed by atoms with Crippen LogP contribution in [0.3, 0.4) is 0 Å². The fraction of sp³-hybridized carbons (Fsp3) is 0.167. The number of hydrogen-bond donors (Lipinski definition) is 0. The van der Waals surface area contributed by atoms with E-state index in [1.165, 1.54) is 22.7 Å². The van der Waals surface area contributed by atoms with Gasteiger partial charge < -0.3 is 0 Å². The average molecular weight is 252 g/mol. The molecule has 0 radical (unpaired) electrons. The van der Waals surface area contributed by atoms with Gasteiger partial charge in [0.05, 0.1) is 15.3 Å². The summed E-state index contributed by atoms with van der Waals surface area (Å²) in [6.07, 6.45) is 0. The van der Waals surface area contributed by atoms with Crippen LogP contribution in [0.25, 0.3) is 0 Å². The van der Waals surface area contributed by atoms with Crippen molar-refractivity contribution in [3.8, 4) is 0 Å². The molecular formula is C6H5OPS4. The lowest BCUT2D eigenvalue weighted by molar-refractivity contribution is 0.102. The summed E-state index contributed by atoms with van der Waals surface area (Å²) in [4.78, 5) is 12.1. The molecule has 0 aliphatic carbocycles. The average Bonchev–Trinajstić information content (AvgIpc) is 2.51. The number of ketones is 1. The summed E-state index contributed by atoms with van der Waals surface area (Å²) in [5, 5.41) is 1.89. The van der Waals surface area contributed by atoms with E-state index in [1.807, 2.05) is 17.5 Å². The van der Waals surface area contributed by atoms with Crippen LogP contribution in [0.2, 0.25) is 0 Å². The first kappa shape index (κ1) is 10.5. The lowest BCUT2D eigenvalue weighted by Crippen LogP contribution is -1.97. The van der Waals surface area contributed by atoms with Gasteiger partial charge in [-0.05, 0) is 35.1 Å². The topological polar surface area (TPSA) is 17.1 Å². The number of hydrogen-bond acceptors (Lipinski definition) is 5. The van der Waals surface area contributed by atoms with Crippen molar-refractivity contribution in [2.45, 2.75) is 0 Å². The lowest BCUT2D eigenvalue weighted by Gasteiger charge is -1.91. The van der Waals surface area contributed by atoms with E-state index >= 15 is 0 Å². The Labute approximate surface area is 89.4 Å². The summed E-state index contributed by atoms with van der Waals surface area (Å²) in [5.41, 5.74) is 0. The second-order valence-electron chi connectivity index (χ2n) is 1.90. The van der Waals surface area contributed by atoms with Crippen molar-refractivity contribution in [1.82, 2.24) is 0 Å². The molecule has 0 fully saturated rings. The normalized spacial score (nSPS) is 9.67. The minimum absolute atomic E-state index is 0.136. The molecule has 0 aliphatic heterocycles. The van der Waals surface area contributed by atoms with E-state index in [-0.39, 0.29) is 5.78 Å². The Bertz CT molecular complexity index is 319. The Morgan fingerprint density at radius 3 is 2.92 bits per heavy atom. The Morgan fingerprint density at radius 2 is 2.42 bits per heavy atom. The first-order valence-corrected chi connectivity index (χ1v) is 8.88. The highest BCUT2D eigenvalue weighted by Gasteiger charge is 2.05. The number of rotatable bonds is 4. The number of thiophene rings is 1. The van der Waals surface area contributed by atoms with E-state index in [0.29, 0.717) is 5.75 Å². The van der Waals surface area contributed by atoms with Crippen molar-refractivity contribution in [2.75, 3.05) is 5.75 Å². The van der Waals surface area contributed by atoms with Crippen molar-refractivity contribution in [2.24, 2.45) is 0 Å². The largest absolute Gasteiger partial charge is 0.292 e. The molecule has 0 unspecified atom stereocenters. The molecule has 1 aromatic heterocycles. The molecule has 1 rings (SSSR count). The molecule has 0 saturated heterocycles. The summed E-state index contributed by atoms with van der Waals surface area (Å²) in [6.45, 7) is 0. The van der Waals surface area contributed by atoms with Gasteiger partial charge in [0, 0.05) is 0 Å². The van der Waals surface area contributed by atoms with Gasteiger partial charge in [0.25, 0.3) is 0 Å². The Kier molecular flexibility index (Phi) is 4.61. The van der Waals surface area contributed by atoms with E-state index in [9.17, 15) is 4.79 Å². The monoisotopic (exact) mass is 252 g/mol. The molecule has 0 aliphatic rings. The molecule has 64 valence electrons. The van der Waals surface area contributed by atoms with Crippen LogP contribution in [0.5, 0.6) is 0 Å². The number of carbonyl (C=O) groups is 1. The maximum absolute atomic E-state index is 11.3. The summed E-state index contributed by atoms with van der Waals surface area (Å²) in [5.74, 6) is 0.566. The highest BCUT2D eigenvalue weighted by atomic mass is 33.1. The highest BCUT2D eigenvalue weighted by molar-refractivity contribution is 8.72. The van der Waals surface area contributed by atoms with Gasteiger partial charge in [-0.15, -0.1) is 11.3 Å². The summed E-state index contributed by atoms with van der Waals surface area (Å²) >= 11 is 12.5. The minimum atomic E-state index is -0.842. The van der Waals surface area contributed by atoms with Crippen molar-refractivity contribution < 1.29 is 4.79 Å². The van der Waals surface area contributed by atoms with E-state index in [1.54, 1.807) is 0 Å². The van der Waals surface area contributed by atoms with Crippen LogP contribution < -0.4 is 0 Å². The quantitative estimate of drug-likeness (QED) is 0.605. The smallest absolute Gasteiger partial charge is 0.183 e. The Balaban J connectivity index is 2.50. The molecular weight excluding hydrogens is 247 g/mol. The minimum Gasteiger partial charge on any atom is -0.292 e. The van der Waals surface area contributed by atoms with Crippen molar-refractivity contribution >= 4 is 56.8 Å². The first-order valence-electron chi connectivity index (χ1n) is 3.04. The van der Waals surface area contributed by atoms with Gasteiger partial charge >= 0.3 is 0 Å². The summed E-state index contributed by atoms with van der Waals surface area (Å²) in [6, 6.07) is 3.69. The molecule has 0 N–H and O–H groups in total. The third kappa shape index (κ3) is 3.46. The van der Waals surface area contributed by atoms with Gasteiger partial charge in [-0.25, -0.2) is 0 Å².